The Bertz CT molecular complexity index is 637. The van der Waals surface area contributed by atoms with E-state index < -0.39 is 5.60 Å². The van der Waals surface area contributed by atoms with E-state index in [0.29, 0.717) is 43.3 Å². The second-order valence-corrected chi connectivity index (χ2v) is 8.04. The number of fused-ring (bicyclic) bond motifs is 1. The molecule has 1 aromatic rings. The molecule has 0 aromatic carbocycles. The molecule has 1 amide bonds. The van der Waals surface area contributed by atoms with Crippen molar-refractivity contribution in [2.45, 2.75) is 25.4 Å². The van der Waals surface area contributed by atoms with Crippen LogP contribution in [0.2, 0.25) is 0 Å². The number of hydrogen-bond donors (Lipinski definition) is 1. The van der Waals surface area contributed by atoms with Crippen LogP contribution < -0.4 is 0 Å². The van der Waals surface area contributed by atoms with Crippen molar-refractivity contribution in [1.29, 1.82) is 0 Å². The topological polar surface area (TPSA) is 66.2 Å². The minimum atomic E-state index is -1.09. The van der Waals surface area contributed by atoms with Gasteiger partial charge in [-0.15, -0.1) is 0 Å². The van der Waals surface area contributed by atoms with Crippen molar-refractivity contribution in [1.82, 2.24) is 9.80 Å². The number of ether oxygens (including phenoxy) is 1. The molecule has 3 fully saturated rings. The predicted molar refractivity (Wildman–Crippen MR) is 87.7 cm³/mol. The number of aliphatic hydroxyl groups is 1. The Labute approximate surface area is 142 Å². The van der Waals surface area contributed by atoms with E-state index in [-0.39, 0.29) is 11.3 Å². The largest absolute Gasteiger partial charge is 0.465 e. The number of carbonyl (C=O) groups excluding carboxylic acids is 1. The highest BCUT2D eigenvalue weighted by Crippen LogP contribution is 2.42. The quantitative estimate of drug-likeness (QED) is 0.883. The first-order valence-electron chi connectivity index (χ1n) is 8.77. The summed E-state index contributed by atoms with van der Waals surface area (Å²) in [4.78, 5) is 17.4. The van der Waals surface area contributed by atoms with Gasteiger partial charge in [0.25, 0.3) is 5.91 Å². The van der Waals surface area contributed by atoms with E-state index in [9.17, 15) is 9.90 Å². The molecule has 3 aliphatic heterocycles. The third kappa shape index (κ3) is 2.48. The molecule has 2 atom stereocenters. The van der Waals surface area contributed by atoms with Gasteiger partial charge in [-0.05, 0) is 19.0 Å². The molecule has 0 bridgehead atoms. The Morgan fingerprint density at radius 2 is 2.04 bits per heavy atom. The van der Waals surface area contributed by atoms with E-state index >= 15 is 0 Å². The van der Waals surface area contributed by atoms with Crippen LogP contribution in [0.5, 0.6) is 0 Å². The SMILES string of the molecule is CN1C[C@@H]2CN(C(=O)c3ccoc3C3(O)CCOCC3)C[C@]2(C)C1. The first-order valence-corrected chi connectivity index (χ1v) is 8.77. The Kier molecular flexibility index (Phi) is 3.74. The van der Waals surface area contributed by atoms with E-state index in [1.165, 1.54) is 6.26 Å². The number of likely N-dealkylation sites (tertiary alicyclic amines) is 2. The van der Waals surface area contributed by atoms with Gasteiger partial charge in [0.1, 0.15) is 11.4 Å². The maximum atomic E-state index is 13.1. The summed E-state index contributed by atoms with van der Waals surface area (Å²) in [5.74, 6) is 0.917. The van der Waals surface area contributed by atoms with E-state index in [0.717, 1.165) is 26.2 Å². The van der Waals surface area contributed by atoms with Crippen molar-refractivity contribution >= 4 is 5.91 Å². The van der Waals surface area contributed by atoms with Crippen LogP contribution in [0, 0.1) is 11.3 Å². The zero-order chi connectivity index (χ0) is 16.9. The van der Waals surface area contributed by atoms with Gasteiger partial charge in [0.05, 0.1) is 11.8 Å². The second kappa shape index (κ2) is 5.58. The Morgan fingerprint density at radius 1 is 1.29 bits per heavy atom. The molecule has 0 saturated carbocycles. The molecule has 0 spiro atoms. The standard InChI is InChI=1S/C18H26N2O4/c1-17-11-19(2)9-13(17)10-20(12-17)16(21)14-3-6-24-15(14)18(22)4-7-23-8-5-18/h3,6,13,22H,4-5,7-12H2,1-2H3/t13-,17+/m1/s1. The first-order chi connectivity index (χ1) is 11.4. The summed E-state index contributed by atoms with van der Waals surface area (Å²) in [5.41, 5.74) is -0.410. The van der Waals surface area contributed by atoms with Crippen molar-refractivity contribution in [2.24, 2.45) is 11.3 Å². The minimum Gasteiger partial charge on any atom is -0.465 e. The number of nitrogens with zero attached hydrogens (tertiary/aromatic N) is 2. The monoisotopic (exact) mass is 334 g/mol. The third-order valence-corrected chi connectivity index (χ3v) is 6.07. The van der Waals surface area contributed by atoms with E-state index in [4.69, 9.17) is 9.15 Å². The van der Waals surface area contributed by atoms with Crippen LogP contribution in [0.3, 0.4) is 0 Å². The summed E-state index contributed by atoms with van der Waals surface area (Å²) >= 11 is 0. The molecular formula is C18H26N2O4. The van der Waals surface area contributed by atoms with Gasteiger partial charge in [-0.3, -0.25) is 4.79 Å². The third-order valence-electron chi connectivity index (χ3n) is 6.07. The predicted octanol–water partition coefficient (Wildman–Crippen LogP) is 1.30. The van der Waals surface area contributed by atoms with Crippen LogP contribution in [0.15, 0.2) is 16.7 Å². The molecule has 3 saturated heterocycles. The van der Waals surface area contributed by atoms with Gasteiger partial charge in [0.15, 0.2) is 0 Å². The second-order valence-electron chi connectivity index (χ2n) is 8.04. The van der Waals surface area contributed by atoms with E-state index in [1.807, 2.05) is 4.90 Å². The maximum Gasteiger partial charge on any atom is 0.257 e. The maximum absolute atomic E-state index is 13.1. The van der Waals surface area contributed by atoms with Crippen molar-refractivity contribution in [2.75, 3.05) is 46.4 Å². The van der Waals surface area contributed by atoms with Crippen molar-refractivity contribution < 1.29 is 19.1 Å². The van der Waals surface area contributed by atoms with E-state index in [2.05, 4.69) is 18.9 Å². The fraction of sp³-hybridized carbons (Fsp3) is 0.722. The van der Waals surface area contributed by atoms with Gasteiger partial charge >= 0.3 is 0 Å². The molecule has 0 radical (unpaired) electrons. The van der Waals surface area contributed by atoms with Crippen LogP contribution >= 0.6 is 0 Å². The number of rotatable bonds is 2. The Hall–Kier alpha value is -1.37. The van der Waals surface area contributed by atoms with Gasteiger partial charge in [-0.2, -0.15) is 0 Å². The fourth-order valence-electron chi connectivity index (χ4n) is 4.73. The highest BCUT2D eigenvalue weighted by atomic mass is 16.5. The van der Waals surface area contributed by atoms with Gasteiger partial charge in [-0.25, -0.2) is 0 Å². The smallest absolute Gasteiger partial charge is 0.257 e. The highest BCUT2D eigenvalue weighted by molar-refractivity contribution is 5.95. The van der Waals surface area contributed by atoms with Gasteiger partial charge in [-0.1, -0.05) is 6.92 Å². The van der Waals surface area contributed by atoms with Crippen LogP contribution in [0.1, 0.15) is 35.9 Å². The van der Waals surface area contributed by atoms with E-state index in [1.54, 1.807) is 6.07 Å². The Morgan fingerprint density at radius 3 is 2.75 bits per heavy atom. The van der Waals surface area contributed by atoms with Crippen LogP contribution in [-0.4, -0.2) is 67.3 Å². The molecule has 132 valence electrons. The molecule has 3 aliphatic rings. The normalized spacial score (nSPS) is 33.0. The summed E-state index contributed by atoms with van der Waals surface area (Å²) in [7, 11) is 2.14. The molecule has 24 heavy (non-hydrogen) atoms. The van der Waals surface area contributed by atoms with Gasteiger partial charge in [0.2, 0.25) is 0 Å². The molecular weight excluding hydrogens is 308 g/mol. The summed E-state index contributed by atoms with van der Waals surface area (Å²) in [6.07, 6.45) is 2.44. The molecule has 0 unspecified atom stereocenters. The number of hydrogen-bond acceptors (Lipinski definition) is 5. The van der Waals surface area contributed by atoms with Crippen LogP contribution in [-0.2, 0) is 10.3 Å². The van der Waals surface area contributed by atoms with Gasteiger partial charge in [0, 0.05) is 57.6 Å². The van der Waals surface area contributed by atoms with Crippen molar-refractivity contribution in [3.05, 3.63) is 23.7 Å². The lowest BCUT2D eigenvalue weighted by Gasteiger charge is -2.31. The number of carbonyl (C=O) groups is 1. The lowest BCUT2D eigenvalue weighted by atomic mass is 9.83. The fourth-order valence-corrected chi connectivity index (χ4v) is 4.73. The Balaban J connectivity index is 1.56. The molecule has 6 nitrogen and oxygen atoms in total. The average molecular weight is 334 g/mol. The molecule has 6 heteroatoms. The number of furan rings is 1. The van der Waals surface area contributed by atoms with Crippen LogP contribution in [0.25, 0.3) is 0 Å². The molecule has 1 N–H and O–H groups in total. The molecule has 4 heterocycles. The highest BCUT2D eigenvalue weighted by Gasteiger charge is 2.50. The molecule has 1 aromatic heterocycles. The summed E-state index contributed by atoms with van der Waals surface area (Å²) in [5, 5.41) is 10.9. The number of amides is 1. The average Bonchev–Trinajstić information content (AvgIpc) is 3.19. The van der Waals surface area contributed by atoms with Gasteiger partial charge < -0.3 is 24.1 Å². The zero-order valence-corrected chi connectivity index (χ0v) is 14.5. The lowest BCUT2D eigenvalue weighted by molar-refractivity contribution is -0.0805. The zero-order valence-electron chi connectivity index (χ0n) is 14.5. The summed E-state index contributed by atoms with van der Waals surface area (Å²) < 4.78 is 10.9. The summed E-state index contributed by atoms with van der Waals surface area (Å²) in [6, 6.07) is 1.70. The molecule has 4 rings (SSSR count). The van der Waals surface area contributed by atoms with Crippen molar-refractivity contribution in [3.63, 3.8) is 0 Å². The van der Waals surface area contributed by atoms with Crippen molar-refractivity contribution in [3.8, 4) is 0 Å². The first kappa shape index (κ1) is 16.1. The minimum absolute atomic E-state index is 0.0167. The summed E-state index contributed by atoms with van der Waals surface area (Å²) in [6.45, 7) is 6.87. The molecule has 0 aliphatic carbocycles. The lowest BCUT2D eigenvalue weighted by Crippen LogP contribution is -2.38. The van der Waals surface area contributed by atoms with Crippen LogP contribution in [0.4, 0.5) is 0 Å².